The van der Waals surface area contributed by atoms with Gasteiger partial charge < -0.3 is 5.11 Å². The lowest BCUT2D eigenvalue weighted by atomic mass is 10.0. The molecule has 1 rings (SSSR count). The van der Waals surface area contributed by atoms with Crippen LogP contribution in [0.25, 0.3) is 0 Å². The highest BCUT2D eigenvalue weighted by molar-refractivity contribution is 8.00. The molecule has 0 spiro atoms. The third-order valence-electron chi connectivity index (χ3n) is 1.83. The third-order valence-corrected chi connectivity index (χ3v) is 3.49. The van der Waals surface area contributed by atoms with Crippen molar-refractivity contribution in [3.05, 3.63) is 0 Å². The highest BCUT2D eigenvalue weighted by atomic mass is 32.2. The van der Waals surface area contributed by atoms with E-state index in [0.717, 1.165) is 12.2 Å². The van der Waals surface area contributed by atoms with Crippen molar-refractivity contribution in [1.82, 2.24) is 0 Å². The molecule has 11 heavy (non-hydrogen) atoms. The molecule has 1 N–H and O–H groups in total. The van der Waals surface area contributed by atoms with Crippen LogP contribution in [0, 0.1) is 5.92 Å². The molecule has 0 aliphatic carbocycles. The van der Waals surface area contributed by atoms with E-state index in [2.05, 4.69) is 12.6 Å². The van der Waals surface area contributed by atoms with E-state index in [1.165, 1.54) is 0 Å². The summed E-state index contributed by atoms with van der Waals surface area (Å²) in [6.45, 7) is 0.238. The Morgan fingerprint density at radius 3 is 2.91 bits per heavy atom. The number of rotatable bonds is 3. The Balaban J connectivity index is 2.24. The molecule has 1 saturated heterocycles. The summed E-state index contributed by atoms with van der Waals surface area (Å²) in [5, 5.41) is 9.11. The van der Waals surface area contributed by atoms with Crippen LogP contribution in [0.5, 0.6) is 0 Å². The second-order valence-electron chi connectivity index (χ2n) is 2.84. The predicted octanol–water partition coefficient (Wildman–Crippen LogP) is 0.947. The Morgan fingerprint density at radius 1 is 1.73 bits per heavy atom. The number of thioether (sulfide) groups is 1. The Bertz CT molecular complexity index is 149. The normalized spacial score (nSPS) is 30.7. The quantitative estimate of drug-likeness (QED) is 0.654. The number of hydrogen-bond acceptors (Lipinski definition) is 3. The topological polar surface area (TPSA) is 37.3 Å². The van der Waals surface area contributed by atoms with E-state index in [1.54, 1.807) is 11.8 Å². The van der Waals surface area contributed by atoms with Crippen molar-refractivity contribution >= 4 is 29.5 Å². The number of hydrogen-bond donors (Lipinski definition) is 2. The summed E-state index contributed by atoms with van der Waals surface area (Å²) in [7, 11) is 0. The molecule has 1 aliphatic rings. The fourth-order valence-corrected chi connectivity index (χ4v) is 2.87. The van der Waals surface area contributed by atoms with E-state index in [9.17, 15) is 4.79 Å². The zero-order valence-corrected chi connectivity index (χ0v) is 7.90. The Hall–Kier alpha value is 0.330. The van der Waals surface area contributed by atoms with Crippen LogP contribution in [0.3, 0.4) is 0 Å². The fraction of sp³-hybridized carbons (Fsp3) is 0.857. The molecular formula is C7H12O2S2. The van der Waals surface area contributed by atoms with Crippen molar-refractivity contribution in [3.63, 3.8) is 0 Å². The van der Waals surface area contributed by atoms with Crippen molar-refractivity contribution in [1.29, 1.82) is 0 Å². The van der Waals surface area contributed by atoms with Gasteiger partial charge in [0.15, 0.2) is 5.12 Å². The van der Waals surface area contributed by atoms with Gasteiger partial charge in [-0.25, -0.2) is 0 Å². The molecule has 0 radical (unpaired) electrons. The molecular weight excluding hydrogens is 180 g/mol. The van der Waals surface area contributed by atoms with Gasteiger partial charge in [-0.05, 0) is 18.1 Å². The smallest absolute Gasteiger partial charge is 0.186 e. The van der Waals surface area contributed by atoms with E-state index in [1.807, 2.05) is 0 Å². The summed E-state index contributed by atoms with van der Waals surface area (Å²) >= 11 is 5.48. The van der Waals surface area contributed by atoms with Gasteiger partial charge in [0.2, 0.25) is 0 Å². The molecule has 1 fully saturated rings. The summed E-state index contributed by atoms with van der Waals surface area (Å²) in [5.74, 6) is 1.44. The lowest BCUT2D eigenvalue weighted by molar-refractivity contribution is -0.111. The largest absolute Gasteiger partial charge is 0.395 e. The highest BCUT2D eigenvalue weighted by Crippen LogP contribution is 2.33. The van der Waals surface area contributed by atoms with Gasteiger partial charge in [0.25, 0.3) is 0 Å². The maximum atomic E-state index is 10.6. The SMILES string of the molecule is O=C(S)CC1CSC(CO)C1. The van der Waals surface area contributed by atoms with Gasteiger partial charge in [0.1, 0.15) is 0 Å². The van der Waals surface area contributed by atoms with Gasteiger partial charge in [-0.2, -0.15) is 11.8 Å². The maximum Gasteiger partial charge on any atom is 0.186 e. The first-order valence-electron chi connectivity index (χ1n) is 3.66. The van der Waals surface area contributed by atoms with Crippen LogP contribution in [0.2, 0.25) is 0 Å². The molecule has 2 unspecified atom stereocenters. The van der Waals surface area contributed by atoms with E-state index >= 15 is 0 Å². The van der Waals surface area contributed by atoms with Gasteiger partial charge in [0.05, 0.1) is 6.61 Å². The van der Waals surface area contributed by atoms with Crippen LogP contribution >= 0.6 is 24.4 Å². The minimum atomic E-state index is -0.0332. The van der Waals surface area contributed by atoms with Gasteiger partial charge in [0, 0.05) is 11.7 Å². The maximum absolute atomic E-state index is 10.6. The molecule has 0 saturated carbocycles. The molecule has 1 aliphatic heterocycles. The molecule has 0 amide bonds. The molecule has 0 bridgehead atoms. The molecule has 1 heterocycles. The fourth-order valence-electron chi connectivity index (χ4n) is 1.30. The van der Waals surface area contributed by atoms with Crippen molar-refractivity contribution in [3.8, 4) is 0 Å². The lowest BCUT2D eigenvalue weighted by Gasteiger charge is -2.04. The third kappa shape index (κ3) is 3.05. The summed E-state index contributed by atoms with van der Waals surface area (Å²) in [5.41, 5.74) is 0. The first-order chi connectivity index (χ1) is 5.22. The molecule has 64 valence electrons. The Morgan fingerprint density at radius 2 is 2.45 bits per heavy atom. The standard InChI is InChI=1S/C7H12O2S2/c8-3-6-1-5(4-11-6)2-7(9)10/h5-6,8H,1-4H2,(H,9,10). The Labute approximate surface area is 76.2 Å². The second-order valence-corrected chi connectivity index (χ2v) is 4.67. The first-order valence-corrected chi connectivity index (χ1v) is 5.16. The van der Waals surface area contributed by atoms with Crippen LogP contribution in [-0.2, 0) is 4.79 Å². The highest BCUT2D eigenvalue weighted by Gasteiger charge is 2.25. The van der Waals surface area contributed by atoms with E-state index < -0.39 is 0 Å². The summed E-state index contributed by atoms with van der Waals surface area (Å²) in [6, 6.07) is 0. The molecule has 2 nitrogen and oxygen atoms in total. The van der Waals surface area contributed by atoms with Crippen molar-refractivity contribution in [2.24, 2.45) is 5.92 Å². The van der Waals surface area contributed by atoms with Crippen molar-refractivity contribution in [2.75, 3.05) is 12.4 Å². The molecule has 4 heteroatoms. The number of aliphatic hydroxyl groups excluding tert-OH is 1. The van der Waals surface area contributed by atoms with Gasteiger partial charge in [-0.3, -0.25) is 4.79 Å². The summed E-state index contributed by atoms with van der Waals surface area (Å²) < 4.78 is 0. The lowest BCUT2D eigenvalue weighted by Crippen LogP contribution is -2.07. The molecule has 2 atom stereocenters. The minimum Gasteiger partial charge on any atom is -0.395 e. The van der Waals surface area contributed by atoms with Crippen molar-refractivity contribution < 1.29 is 9.90 Å². The van der Waals surface area contributed by atoms with Crippen LogP contribution in [0.1, 0.15) is 12.8 Å². The van der Waals surface area contributed by atoms with Gasteiger partial charge in [-0.15, -0.1) is 12.6 Å². The average molecular weight is 192 g/mol. The van der Waals surface area contributed by atoms with E-state index in [0.29, 0.717) is 17.6 Å². The van der Waals surface area contributed by atoms with E-state index in [-0.39, 0.29) is 11.7 Å². The van der Waals surface area contributed by atoms with Crippen molar-refractivity contribution in [2.45, 2.75) is 18.1 Å². The van der Waals surface area contributed by atoms with Crippen LogP contribution < -0.4 is 0 Å². The number of carbonyl (C=O) groups is 1. The van der Waals surface area contributed by atoms with Gasteiger partial charge in [-0.1, -0.05) is 0 Å². The predicted molar refractivity (Wildman–Crippen MR) is 50.0 cm³/mol. The Kier molecular flexibility index (Phi) is 3.75. The molecule has 0 aromatic carbocycles. The number of thiol groups is 1. The summed E-state index contributed by atoms with van der Waals surface area (Å²) in [6.07, 6.45) is 1.53. The van der Waals surface area contributed by atoms with E-state index in [4.69, 9.17) is 5.11 Å². The van der Waals surface area contributed by atoms with Crippen LogP contribution in [0.15, 0.2) is 0 Å². The second kappa shape index (κ2) is 4.38. The monoisotopic (exact) mass is 192 g/mol. The zero-order chi connectivity index (χ0) is 8.27. The zero-order valence-electron chi connectivity index (χ0n) is 6.19. The van der Waals surface area contributed by atoms with Crippen LogP contribution in [-0.4, -0.2) is 27.8 Å². The number of aliphatic hydroxyl groups is 1. The molecule has 0 aromatic rings. The summed E-state index contributed by atoms with van der Waals surface area (Å²) in [4.78, 5) is 10.6. The number of carbonyl (C=O) groups excluding carboxylic acids is 1. The average Bonchev–Trinajstić information content (AvgIpc) is 2.34. The molecule has 0 aromatic heterocycles. The van der Waals surface area contributed by atoms with Gasteiger partial charge >= 0.3 is 0 Å². The minimum absolute atomic E-state index is 0.0332. The first kappa shape index (κ1) is 9.42. The van der Waals surface area contributed by atoms with Crippen LogP contribution in [0.4, 0.5) is 0 Å².